The molecule has 21 heavy (non-hydrogen) atoms. The van der Waals surface area contributed by atoms with Crippen LogP contribution in [-0.4, -0.2) is 22.7 Å². The zero-order valence-electron chi connectivity index (χ0n) is 12.7. The molecule has 3 heteroatoms. The van der Waals surface area contributed by atoms with E-state index in [1.807, 2.05) is 24.4 Å². The third kappa shape index (κ3) is 2.94. The number of aromatic nitrogens is 1. The standard InChI is InChI=1S/C18H24N2O/c1-2-12-19-14-8-10-18(21,11-9-14)16-6-3-7-17-15(16)5-4-13-20-17/h3-7,13-14,19,21H,2,8-12H2,1H3. The maximum Gasteiger partial charge on any atom is 0.0904 e. The van der Waals surface area contributed by atoms with Crippen LogP contribution in [0.2, 0.25) is 0 Å². The summed E-state index contributed by atoms with van der Waals surface area (Å²) < 4.78 is 0. The summed E-state index contributed by atoms with van der Waals surface area (Å²) in [6.45, 7) is 3.26. The van der Waals surface area contributed by atoms with Crippen LogP contribution in [0.1, 0.15) is 44.6 Å². The van der Waals surface area contributed by atoms with Gasteiger partial charge in [0.05, 0.1) is 11.1 Å². The van der Waals surface area contributed by atoms with Gasteiger partial charge in [-0.2, -0.15) is 0 Å². The molecule has 0 aliphatic heterocycles. The van der Waals surface area contributed by atoms with Crippen molar-refractivity contribution in [3.8, 4) is 0 Å². The third-order valence-electron chi connectivity index (χ3n) is 4.64. The molecule has 0 spiro atoms. The van der Waals surface area contributed by atoms with Gasteiger partial charge in [-0.15, -0.1) is 0 Å². The Morgan fingerprint density at radius 1 is 1.24 bits per heavy atom. The van der Waals surface area contributed by atoms with Gasteiger partial charge >= 0.3 is 0 Å². The molecule has 112 valence electrons. The number of nitrogens with zero attached hydrogens (tertiary/aromatic N) is 1. The van der Waals surface area contributed by atoms with E-state index in [1.54, 1.807) is 0 Å². The molecule has 1 aliphatic rings. The predicted octanol–water partition coefficient (Wildman–Crippen LogP) is 3.36. The van der Waals surface area contributed by atoms with Gasteiger partial charge in [0.15, 0.2) is 0 Å². The topological polar surface area (TPSA) is 45.1 Å². The number of nitrogens with one attached hydrogen (secondary N) is 1. The largest absolute Gasteiger partial charge is 0.385 e. The summed E-state index contributed by atoms with van der Waals surface area (Å²) in [6.07, 6.45) is 6.68. The van der Waals surface area contributed by atoms with Crippen LogP contribution in [-0.2, 0) is 5.60 Å². The molecule has 0 unspecified atom stereocenters. The van der Waals surface area contributed by atoms with E-state index in [0.717, 1.165) is 55.1 Å². The number of rotatable bonds is 4. The SMILES string of the molecule is CCCNC1CCC(O)(c2cccc3ncccc23)CC1. The van der Waals surface area contributed by atoms with Crippen molar-refractivity contribution in [3.05, 3.63) is 42.1 Å². The zero-order chi connectivity index (χ0) is 14.7. The Morgan fingerprint density at radius 2 is 2.05 bits per heavy atom. The van der Waals surface area contributed by atoms with Crippen molar-refractivity contribution in [2.24, 2.45) is 0 Å². The van der Waals surface area contributed by atoms with Crippen molar-refractivity contribution in [1.29, 1.82) is 0 Å². The lowest BCUT2D eigenvalue weighted by Gasteiger charge is -2.37. The molecule has 3 rings (SSSR count). The van der Waals surface area contributed by atoms with Crippen molar-refractivity contribution < 1.29 is 5.11 Å². The van der Waals surface area contributed by atoms with E-state index in [9.17, 15) is 5.11 Å². The molecule has 2 N–H and O–H groups in total. The molecule has 0 saturated heterocycles. The highest BCUT2D eigenvalue weighted by Gasteiger charge is 2.35. The normalized spacial score (nSPS) is 26.1. The fraction of sp³-hybridized carbons (Fsp3) is 0.500. The fourth-order valence-corrected chi connectivity index (χ4v) is 3.43. The van der Waals surface area contributed by atoms with Crippen LogP contribution in [0.25, 0.3) is 10.9 Å². The maximum atomic E-state index is 11.1. The molecular weight excluding hydrogens is 260 g/mol. The van der Waals surface area contributed by atoms with Crippen LogP contribution in [0.3, 0.4) is 0 Å². The highest BCUT2D eigenvalue weighted by molar-refractivity contribution is 5.82. The number of fused-ring (bicyclic) bond motifs is 1. The molecule has 1 heterocycles. The smallest absolute Gasteiger partial charge is 0.0904 e. The molecule has 1 aromatic carbocycles. The lowest BCUT2D eigenvalue weighted by Crippen LogP contribution is -2.40. The number of aliphatic hydroxyl groups is 1. The summed E-state index contributed by atoms with van der Waals surface area (Å²) in [7, 11) is 0. The molecule has 2 aromatic rings. The molecule has 1 aliphatic carbocycles. The van der Waals surface area contributed by atoms with E-state index < -0.39 is 5.60 Å². The van der Waals surface area contributed by atoms with Crippen LogP contribution in [0.4, 0.5) is 0 Å². The predicted molar refractivity (Wildman–Crippen MR) is 86.2 cm³/mol. The molecule has 0 bridgehead atoms. The second-order valence-electron chi connectivity index (χ2n) is 6.14. The quantitative estimate of drug-likeness (QED) is 0.905. The monoisotopic (exact) mass is 284 g/mol. The summed E-state index contributed by atoms with van der Waals surface area (Å²) in [5.74, 6) is 0. The molecule has 0 atom stereocenters. The van der Waals surface area contributed by atoms with Crippen LogP contribution in [0.15, 0.2) is 36.5 Å². The Bertz CT molecular complexity index is 598. The van der Waals surface area contributed by atoms with Crippen molar-refractivity contribution in [1.82, 2.24) is 10.3 Å². The molecule has 0 radical (unpaired) electrons. The summed E-state index contributed by atoms with van der Waals surface area (Å²) in [4.78, 5) is 4.40. The van der Waals surface area contributed by atoms with Crippen molar-refractivity contribution in [2.45, 2.75) is 50.7 Å². The number of pyridine rings is 1. The van der Waals surface area contributed by atoms with E-state index in [-0.39, 0.29) is 0 Å². The summed E-state index contributed by atoms with van der Waals surface area (Å²) in [6, 6.07) is 10.6. The first-order valence-electron chi connectivity index (χ1n) is 8.03. The number of hydrogen-bond donors (Lipinski definition) is 2. The minimum atomic E-state index is -0.701. The average molecular weight is 284 g/mol. The van der Waals surface area contributed by atoms with Crippen LogP contribution in [0.5, 0.6) is 0 Å². The molecule has 1 aromatic heterocycles. The Balaban J connectivity index is 1.82. The van der Waals surface area contributed by atoms with Crippen molar-refractivity contribution >= 4 is 10.9 Å². The minimum Gasteiger partial charge on any atom is -0.385 e. The second-order valence-corrected chi connectivity index (χ2v) is 6.14. The minimum absolute atomic E-state index is 0.554. The third-order valence-corrected chi connectivity index (χ3v) is 4.64. The molecule has 3 nitrogen and oxygen atoms in total. The summed E-state index contributed by atoms with van der Waals surface area (Å²) >= 11 is 0. The molecule has 1 saturated carbocycles. The van der Waals surface area contributed by atoms with E-state index in [2.05, 4.69) is 29.4 Å². The average Bonchev–Trinajstić information content (AvgIpc) is 2.54. The van der Waals surface area contributed by atoms with Gasteiger partial charge in [0.2, 0.25) is 0 Å². The van der Waals surface area contributed by atoms with Gasteiger partial charge in [-0.3, -0.25) is 4.98 Å². The fourth-order valence-electron chi connectivity index (χ4n) is 3.43. The highest BCUT2D eigenvalue weighted by Crippen LogP contribution is 2.39. The Hall–Kier alpha value is -1.45. The number of benzene rings is 1. The Labute approximate surface area is 126 Å². The van der Waals surface area contributed by atoms with Gasteiger partial charge in [-0.1, -0.05) is 25.1 Å². The highest BCUT2D eigenvalue weighted by atomic mass is 16.3. The van der Waals surface area contributed by atoms with Gasteiger partial charge in [0, 0.05) is 17.6 Å². The van der Waals surface area contributed by atoms with Crippen LogP contribution >= 0.6 is 0 Å². The van der Waals surface area contributed by atoms with Crippen LogP contribution < -0.4 is 5.32 Å². The van der Waals surface area contributed by atoms with Gasteiger partial charge in [-0.05, 0) is 56.3 Å². The van der Waals surface area contributed by atoms with E-state index in [4.69, 9.17) is 0 Å². The first-order valence-corrected chi connectivity index (χ1v) is 8.03. The lowest BCUT2D eigenvalue weighted by atomic mass is 9.76. The Morgan fingerprint density at radius 3 is 2.81 bits per heavy atom. The lowest BCUT2D eigenvalue weighted by molar-refractivity contribution is -0.00694. The summed E-state index contributed by atoms with van der Waals surface area (Å²) in [5.41, 5.74) is 1.31. The van der Waals surface area contributed by atoms with Gasteiger partial charge < -0.3 is 10.4 Å². The number of hydrogen-bond acceptors (Lipinski definition) is 3. The maximum absolute atomic E-state index is 11.1. The first-order chi connectivity index (χ1) is 10.2. The van der Waals surface area contributed by atoms with Crippen molar-refractivity contribution in [3.63, 3.8) is 0 Å². The van der Waals surface area contributed by atoms with E-state index in [0.29, 0.717) is 6.04 Å². The van der Waals surface area contributed by atoms with Gasteiger partial charge in [0.25, 0.3) is 0 Å². The van der Waals surface area contributed by atoms with Crippen molar-refractivity contribution in [2.75, 3.05) is 6.54 Å². The molecule has 0 amide bonds. The van der Waals surface area contributed by atoms with E-state index in [1.165, 1.54) is 0 Å². The molecular formula is C18H24N2O. The van der Waals surface area contributed by atoms with Crippen LogP contribution in [0, 0.1) is 0 Å². The Kier molecular flexibility index (Phi) is 4.22. The second kappa shape index (κ2) is 6.12. The molecule has 1 fully saturated rings. The van der Waals surface area contributed by atoms with Gasteiger partial charge in [-0.25, -0.2) is 0 Å². The first kappa shape index (κ1) is 14.5. The summed E-state index contributed by atoms with van der Waals surface area (Å²) in [5, 5.41) is 15.8. The zero-order valence-corrected chi connectivity index (χ0v) is 12.7. The van der Waals surface area contributed by atoms with E-state index >= 15 is 0 Å². The van der Waals surface area contributed by atoms with Gasteiger partial charge in [0.1, 0.15) is 0 Å².